The summed E-state index contributed by atoms with van der Waals surface area (Å²) in [5, 5.41) is 0. The van der Waals surface area contributed by atoms with Crippen LogP contribution in [0.3, 0.4) is 0 Å². The van der Waals surface area contributed by atoms with Crippen LogP contribution in [0.1, 0.15) is 41.5 Å². The van der Waals surface area contributed by atoms with Gasteiger partial charge in [-0.3, -0.25) is 0 Å². The van der Waals surface area contributed by atoms with Crippen molar-refractivity contribution >= 4 is 39.4 Å². The fraction of sp³-hybridized carbons (Fsp3) is 1.00. The molecule has 0 aliphatic heterocycles. The van der Waals surface area contributed by atoms with Gasteiger partial charge >= 0.3 is 111 Å². The molecule has 0 amide bonds. The quantitative estimate of drug-likeness (QED) is 0.590. The molecule has 3 nitrogen and oxygen atoms in total. The summed E-state index contributed by atoms with van der Waals surface area (Å²) < 4.78 is 8.22. The van der Waals surface area contributed by atoms with E-state index in [0.717, 1.165) is 0 Å². The minimum Gasteiger partial charge on any atom is 0 e. The Bertz CT molecular complexity index is 131. The molecule has 0 N–H and O–H groups in total. The predicted molar refractivity (Wildman–Crippen MR) is 80.3 cm³/mol. The van der Waals surface area contributed by atoms with Crippen molar-refractivity contribution in [2.24, 2.45) is 0 Å². The van der Waals surface area contributed by atoms with E-state index in [9.17, 15) is 0 Å². The Hall–Kier alpha value is 1.28. The monoisotopic (exact) mass is 343 g/mol. The summed E-state index contributed by atoms with van der Waals surface area (Å²) >= 11 is -1.72. The Balaban J connectivity index is 0. The molecule has 0 spiro atoms. The molecule has 0 saturated carbocycles. The third-order valence-electron chi connectivity index (χ3n) is 3.14. The Morgan fingerprint density at radius 3 is 0.824 bits per heavy atom. The van der Waals surface area contributed by atoms with Crippen LogP contribution >= 0.6 is 0 Å². The van der Waals surface area contributed by atoms with Crippen molar-refractivity contribution in [2.75, 3.05) is 39.3 Å². The average molecular weight is 342 g/mol. The van der Waals surface area contributed by atoms with Crippen molar-refractivity contribution in [3.8, 4) is 0 Å². The van der Waals surface area contributed by atoms with E-state index in [1.807, 2.05) is 0 Å². The first-order chi connectivity index (χ1) is 7.69. The Morgan fingerprint density at radius 1 is 0.529 bits per heavy atom. The molecular formula is C12H30LiN3Sn. The van der Waals surface area contributed by atoms with Crippen molar-refractivity contribution in [1.82, 2.24) is 9.36 Å². The Morgan fingerprint density at radius 2 is 0.706 bits per heavy atom. The predicted octanol–water partition coefficient (Wildman–Crippen LogP) is 1.62. The molecule has 0 atom stereocenters. The van der Waals surface area contributed by atoms with E-state index in [1.54, 1.807) is 0 Å². The largest absolute Gasteiger partial charge is 0 e. The van der Waals surface area contributed by atoms with E-state index in [0.29, 0.717) is 0 Å². The zero-order valence-corrected chi connectivity index (χ0v) is 15.9. The van der Waals surface area contributed by atoms with Crippen molar-refractivity contribution in [3.63, 3.8) is 0 Å². The number of hydrogen-bond donors (Lipinski definition) is 0. The molecule has 0 heterocycles. The topological polar surface area (TPSA) is 9.72 Å². The molecule has 0 aromatic heterocycles. The second kappa shape index (κ2) is 12.3. The van der Waals surface area contributed by atoms with E-state index >= 15 is 0 Å². The van der Waals surface area contributed by atoms with E-state index in [-0.39, 0.29) is 18.9 Å². The van der Waals surface area contributed by atoms with Crippen LogP contribution in [0.2, 0.25) is 0 Å². The van der Waals surface area contributed by atoms with Gasteiger partial charge in [0, 0.05) is 18.9 Å². The summed E-state index contributed by atoms with van der Waals surface area (Å²) in [6, 6.07) is 0. The number of nitrogens with zero attached hydrogens (tertiary/aromatic N) is 3. The van der Waals surface area contributed by atoms with Crippen molar-refractivity contribution in [1.29, 1.82) is 0 Å². The molecule has 0 aromatic rings. The van der Waals surface area contributed by atoms with Crippen LogP contribution in [0.25, 0.3) is 0 Å². The van der Waals surface area contributed by atoms with Crippen LogP contribution in [-0.4, -0.2) is 88.1 Å². The zero-order chi connectivity index (χ0) is 12.6. The van der Waals surface area contributed by atoms with Gasteiger partial charge in [0.1, 0.15) is 0 Å². The van der Waals surface area contributed by atoms with Gasteiger partial charge in [0.05, 0.1) is 0 Å². The standard InChI is InChI=1S/3C4H10N.Li.Sn/c3*1-3-5-4-2;;/h3*3-4H2,1-2H3;;/q3*-1;;+3. The van der Waals surface area contributed by atoms with Gasteiger partial charge in [0.15, 0.2) is 0 Å². The summed E-state index contributed by atoms with van der Waals surface area (Å²) in [6.07, 6.45) is 0. The van der Waals surface area contributed by atoms with E-state index in [4.69, 9.17) is 0 Å². The maximum atomic E-state index is 2.74. The van der Waals surface area contributed by atoms with Crippen LogP contribution in [0, 0.1) is 0 Å². The molecule has 0 fully saturated rings. The molecule has 98 valence electrons. The molecule has 0 aliphatic carbocycles. The van der Waals surface area contributed by atoms with Gasteiger partial charge in [0.25, 0.3) is 0 Å². The second-order valence-corrected chi connectivity index (χ2v) is 10.9. The smallest absolute Gasteiger partial charge is 0 e. The first-order valence-corrected chi connectivity index (χ1v) is 10.6. The SMILES string of the molecule is CC[N](CC)[Sn]([N](CC)CC)[N](CC)CC.[Li]. The Kier molecular flexibility index (Phi) is 14.9. The average Bonchev–Trinajstić information content (AvgIpc) is 2.33. The fourth-order valence-electron chi connectivity index (χ4n) is 2.12. The maximum absolute atomic E-state index is 2.74. The van der Waals surface area contributed by atoms with E-state index in [2.05, 4.69) is 50.9 Å². The second-order valence-electron chi connectivity index (χ2n) is 3.82. The molecular weight excluding hydrogens is 312 g/mol. The first-order valence-electron chi connectivity index (χ1n) is 6.81. The third-order valence-corrected chi connectivity index (χ3v) is 13.4. The van der Waals surface area contributed by atoms with Gasteiger partial charge in [-0.05, 0) is 0 Å². The summed E-state index contributed by atoms with van der Waals surface area (Å²) in [5.41, 5.74) is 0. The van der Waals surface area contributed by atoms with Gasteiger partial charge < -0.3 is 0 Å². The molecule has 0 saturated heterocycles. The van der Waals surface area contributed by atoms with Crippen molar-refractivity contribution in [2.45, 2.75) is 41.5 Å². The summed E-state index contributed by atoms with van der Waals surface area (Å²) in [5.74, 6) is 0. The minimum absolute atomic E-state index is 0. The van der Waals surface area contributed by atoms with Gasteiger partial charge in [0.2, 0.25) is 0 Å². The molecule has 2 radical (unpaired) electrons. The number of rotatable bonds is 9. The van der Waals surface area contributed by atoms with Gasteiger partial charge in [-0.25, -0.2) is 0 Å². The molecule has 0 bridgehead atoms. The van der Waals surface area contributed by atoms with Crippen LogP contribution in [0.15, 0.2) is 0 Å². The summed E-state index contributed by atoms with van der Waals surface area (Å²) in [7, 11) is 0. The van der Waals surface area contributed by atoms with Crippen molar-refractivity contribution in [3.05, 3.63) is 0 Å². The van der Waals surface area contributed by atoms with Gasteiger partial charge in [-0.1, -0.05) is 0 Å². The van der Waals surface area contributed by atoms with Gasteiger partial charge in [-0.2, -0.15) is 0 Å². The van der Waals surface area contributed by atoms with Crippen LogP contribution in [0.4, 0.5) is 0 Å². The van der Waals surface area contributed by atoms with E-state index in [1.165, 1.54) is 39.3 Å². The van der Waals surface area contributed by atoms with Gasteiger partial charge in [-0.15, -0.1) is 0 Å². The minimum atomic E-state index is -1.72. The molecule has 5 heteroatoms. The molecule has 17 heavy (non-hydrogen) atoms. The van der Waals surface area contributed by atoms with Crippen LogP contribution in [0.5, 0.6) is 0 Å². The van der Waals surface area contributed by atoms with E-state index < -0.39 is 20.6 Å². The molecule has 0 aliphatic rings. The summed E-state index contributed by atoms with van der Waals surface area (Å²) in [4.78, 5) is 0. The first kappa shape index (κ1) is 20.6. The molecule has 0 rings (SSSR count). The molecule has 0 aromatic carbocycles. The van der Waals surface area contributed by atoms with Crippen LogP contribution < -0.4 is 0 Å². The molecule has 0 unspecified atom stereocenters. The van der Waals surface area contributed by atoms with Crippen molar-refractivity contribution < 1.29 is 0 Å². The Labute approximate surface area is 129 Å². The number of hydrogen-bond acceptors (Lipinski definition) is 3. The summed E-state index contributed by atoms with van der Waals surface area (Å²) in [6.45, 7) is 21.1. The fourth-order valence-corrected chi connectivity index (χ4v) is 10.4. The third kappa shape index (κ3) is 6.31. The zero-order valence-electron chi connectivity index (χ0n) is 13.1. The van der Waals surface area contributed by atoms with Crippen LogP contribution in [-0.2, 0) is 0 Å². The maximum Gasteiger partial charge on any atom is 0 e. The normalized spacial score (nSPS) is 11.6.